The van der Waals surface area contributed by atoms with Crippen LogP contribution in [0.5, 0.6) is 0 Å². The van der Waals surface area contributed by atoms with Crippen molar-refractivity contribution < 1.29 is 10.0 Å². The van der Waals surface area contributed by atoms with Gasteiger partial charge < -0.3 is 5.11 Å². The molecule has 0 aliphatic rings. The lowest BCUT2D eigenvalue weighted by atomic mass is 10.1. The van der Waals surface area contributed by atoms with E-state index < -0.39 is 11.0 Å². The van der Waals surface area contributed by atoms with E-state index in [4.69, 9.17) is 0 Å². The molecular formula is C15H13N3O3. The Morgan fingerprint density at radius 2 is 2.05 bits per heavy atom. The highest BCUT2D eigenvalue weighted by Gasteiger charge is 2.19. The van der Waals surface area contributed by atoms with Crippen molar-refractivity contribution in [3.05, 3.63) is 64.5 Å². The summed E-state index contributed by atoms with van der Waals surface area (Å²) in [6.45, 7) is 1.57. The Bertz CT molecular complexity index is 824. The summed E-state index contributed by atoms with van der Waals surface area (Å²) in [6, 6.07) is 12.1. The monoisotopic (exact) mass is 283 g/mol. The number of benzene rings is 2. The van der Waals surface area contributed by atoms with Crippen molar-refractivity contribution in [1.82, 2.24) is 9.55 Å². The van der Waals surface area contributed by atoms with Crippen molar-refractivity contribution in [2.24, 2.45) is 0 Å². The number of nitrogens with zero attached hydrogens (tertiary/aromatic N) is 3. The van der Waals surface area contributed by atoms with E-state index in [1.807, 2.05) is 24.3 Å². The van der Waals surface area contributed by atoms with Gasteiger partial charge in [0.1, 0.15) is 12.0 Å². The van der Waals surface area contributed by atoms with Crippen LogP contribution in [-0.2, 0) is 0 Å². The molecule has 1 N–H and O–H groups in total. The van der Waals surface area contributed by atoms with Gasteiger partial charge in [-0.3, -0.25) is 14.7 Å². The lowest BCUT2D eigenvalue weighted by Gasteiger charge is -2.09. The van der Waals surface area contributed by atoms with Gasteiger partial charge in [-0.15, -0.1) is 0 Å². The Labute approximate surface area is 120 Å². The molecule has 6 nitrogen and oxygen atoms in total. The molecule has 2 aromatic carbocycles. The van der Waals surface area contributed by atoms with E-state index in [1.165, 1.54) is 6.07 Å². The third-order valence-corrected chi connectivity index (χ3v) is 3.39. The second-order valence-electron chi connectivity index (χ2n) is 4.78. The molecule has 0 unspecified atom stereocenters. The summed E-state index contributed by atoms with van der Waals surface area (Å²) >= 11 is 0. The number of nitro benzene ring substituents is 1. The second kappa shape index (κ2) is 4.99. The highest BCUT2D eigenvalue weighted by atomic mass is 16.6. The van der Waals surface area contributed by atoms with Crippen LogP contribution < -0.4 is 0 Å². The first-order valence-electron chi connectivity index (χ1n) is 6.47. The summed E-state index contributed by atoms with van der Waals surface area (Å²) in [5.41, 5.74) is 2.45. The van der Waals surface area contributed by atoms with Crippen LogP contribution >= 0.6 is 0 Å². The third kappa shape index (κ3) is 2.25. The molecule has 0 aliphatic heterocycles. The van der Waals surface area contributed by atoms with E-state index in [-0.39, 0.29) is 5.69 Å². The van der Waals surface area contributed by atoms with Crippen LogP contribution in [0.2, 0.25) is 0 Å². The molecule has 0 fully saturated rings. The van der Waals surface area contributed by atoms with Crippen molar-refractivity contribution in [3.63, 3.8) is 0 Å². The van der Waals surface area contributed by atoms with Crippen LogP contribution in [0.1, 0.15) is 18.6 Å². The first-order valence-corrected chi connectivity index (χ1v) is 6.47. The van der Waals surface area contributed by atoms with E-state index in [0.717, 1.165) is 11.0 Å². The zero-order chi connectivity index (χ0) is 15.0. The maximum absolute atomic E-state index is 11.3. The van der Waals surface area contributed by atoms with Crippen molar-refractivity contribution in [2.45, 2.75) is 13.0 Å². The average Bonchev–Trinajstić information content (AvgIpc) is 2.90. The number of fused-ring (bicyclic) bond motifs is 1. The molecule has 1 aromatic heterocycles. The van der Waals surface area contributed by atoms with Gasteiger partial charge in [0.05, 0.1) is 22.1 Å². The van der Waals surface area contributed by atoms with Crippen molar-refractivity contribution in [2.75, 3.05) is 0 Å². The Morgan fingerprint density at radius 3 is 2.76 bits per heavy atom. The highest BCUT2D eigenvalue weighted by molar-refractivity contribution is 5.78. The average molecular weight is 283 g/mol. The molecule has 1 heterocycles. The quantitative estimate of drug-likeness (QED) is 0.591. The Morgan fingerprint density at radius 1 is 1.29 bits per heavy atom. The van der Waals surface area contributed by atoms with E-state index in [0.29, 0.717) is 11.3 Å². The van der Waals surface area contributed by atoms with Crippen LogP contribution in [0.25, 0.3) is 16.7 Å². The SMILES string of the molecule is C[C@H](O)c1ccc(-n2cnc3ccccc32)c([N+](=O)[O-])c1. The van der Waals surface area contributed by atoms with Gasteiger partial charge in [-0.05, 0) is 30.7 Å². The number of hydrogen-bond acceptors (Lipinski definition) is 4. The van der Waals surface area contributed by atoms with Gasteiger partial charge in [0.2, 0.25) is 0 Å². The van der Waals surface area contributed by atoms with Crippen LogP contribution in [0, 0.1) is 10.1 Å². The molecule has 0 radical (unpaired) electrons. The summed E-state index contributed by atoms with van der Waals surface area (Å²) in [4.78, 5) is 15.1. The topological polar surface area (TPSA) is 81.2 Å². The number of nitro groups is 1. The number of hydrogen-bond donors (Lipinski definition) is 1. The molecule has 0 bridgehead atoms. The molecule has 3 aromatic rings. The van der Waals surface area contributed by atoms with Crippen LogP contribution in [0.4, 0.5) is 5.69 Å². The van der Waals surface area contributed by atoms with E-state index in [9.17, 15) is 15.2 Å². The van der Waals surface area contributed by atoms with Crippen molar-refractivity contribution in [1.29, 1.82) is 0 Å². The minimum absolute atomic E-state index is 0.0587. The second-order valence-corrected chi connectivity index (χ2v) is 4.78. The lowest BCUT2D eigenvalue weighted by molar-refractivity contribution is -0.384. The molecule has 21 heavy (non-hydrogen) atoms. The summed E-state index contributed by atoms with van der Waals surface area (Å²) in [5, 5.41) is 20.9. The van der Waals surface area contributed by atoms with Gasteiger partial charge in [0.15, 0.2) is 0 Å². The summed E-state index contributed by atoms with van der Waals surface area (Å²) < 4.78 is 1.68. The first-order chi connectivity index (χ1) is 10.1. The number of imidazole rings is 1. The van der Waals surface area contributed by atoms with Gasteiger partial charge in [-0.25, -0.2) is 4.98 Å². The largest absolute Gasteiger partial charge is 0.389 e. The van der Waals surface area contributed by atoms with Crippen LogP contribution in [0.15, 0.2) is 48.8 Å². The Balaban J connectivity index is 2.24. The van der Waals surface area contributed by atoms with E-state index in [2.05, 4.69) is 4.98 Å². The molecule has 0 spiro atoms. The van der Waals surface area contributed by atoms with Crippen LogP contribution in [-0.4, -0.2) is 19.6 Å². The molecule has 0 amide bonds. The zero-order valence-electron chi connectivity index (χ0n) is 11.3. The molecule has 6 heteroatoms. The van der Waals surface area contributed by atoms with Gasteiger partial charge in [0.25, 0.3) is 5.69 Å². The molecule has 0 aliphatic carbocycles. The molecule has 1 atom stereocenters. The minimum Gasteiger partial charge on any atom is -0.389 e. The fourth-order valence-electron chi connectivity index (χ4n) is 2.30. The fourth-order valence-corrected chi connectivity index (χ4v) is 2.30. The standard InChI is InChI=1S/C15H13N3O3/c1-10(19)11-6-7-14(15(8-11)18(20)21)17-9-16-12-4-2-3-5-13(12)17/h2-10,19H,1H3/t10-/m0/s1. The maximum Gasteiger partial charge on any atom is 0.293 e. The predicted molar refractivity (Wildman–Crippen MR) is 78.4 cm³/mol. The summed E-state index contributed by atoms with van der Waals surface area (Å²) in [7, 11) is 0. The van der Waals surface area contributed by atoms with Crippen molar-refractivity contribution >= 4 is 16.7 Å². The van der Waals surface area contributed by atoms with E-state index >= 15 is 0 Å². The number of aliphatic hydroxyl groups excluding tert-OH is 1. The smallest absolute Gasteiger partial charge is 0.293 e. The fraction of sp³-hybridized carbons (Fsp3) is 0.133. The minimum atomic E-state index is -0.753. The number of rotatable bonds is 3. The highest BCUT2D eigenvalue weighted by Crippen LogP contribution is 2.29. The molecule has 0 saturated carbocycles. The normalized spacial score (nSPS) is 12.5. The maximum atomic E-state index is 11.3. The third-order valence-electron chi connectivity index (χ3n) is 3.39. The number of aliphatic hydroxyl groups is 1. The summed E-state index contributed by atoms with van der Waals surface area (Å²) in [5.74, 6) is 0. The number of aromatic nitrogens is 2. The van der Waals surface area contributed by atoms with Gasteiger partial charge >= 0.3 is 0 Å². The molecule has 0 saturated heterocycles. The van der Waals surface area contributed by atoms with Crippen LogP contribution in [0.3, 0.4) is 0 Å². The number of para-hydroxylation sites is 2. The first kappa shape index (κ1) is 13.3. The Kier molecular flexibility index (Phi) is 3.15. The lowest BCUT2D eigenvalue weighted by Crippen LogP contribution is -2.01. The predicted octanol–water partition coefficient (Wildman–Crippen LogP) is 2.99. The molecular weight excluding hydrogens is 270 g/mol. The van der Waals surface area contributed by atoms with E-state index in [1.54, 1.807) is 30.0 Å². The zero-order valence-corrected chi connectivity index (χ0v) is 11.3. The van der Waals surface area contributed by atoms with Gasteiger partial charge in [-0.1, -0.05) is 18.2 Å². The Hall–Kier alpha value is -2.73. The van der Waals surface area contributed by atoms with Gasteiger partial charge in [-0.2, -0.15) is 0 Å². The van der Waals surface area contributed by atoms with Crippen molar-refractivity contribution in [3.8, 4) is 5.69 Å². The summed E-state index contributed by atoms with van der Waals surface area (Å²) in [6.07, 6.45) is 0.812. The molecule has 106 valence electrons. The van der Waals surface area contributed by atoms with Gasteiger partial charge in [0, 0.05) is 6.07 Å². The molecule has 3 rings (SSSR count).